The molecule has 0 aliphatic rings. The number of H-pyrrole nitrogens is 1. The van der Waals surface area contributed by atoms with Crippen LogP contribution in [0.5, 0.6) is 0 Å². The number of fused-ring (bicyclic) bond motifs is 1. The summed E-state index contributed by atoms with van der Waals surface area (Å²) >= 11 is 5.43. The molecule has 3 heterocycles. The number of aromatic amines is 1. The lowest BCUT2D eigenvalue weighted by Crippen LogP contribution is -2.13. The van der Waals surface area contributed by atoms with Crippen LogP contribution in [0.3, 0.4) is 0 Å². The molecule has 3 rings (SSSR count). The van der Waals surface area contributed by atoms with E-state index in [-0.39, 0.29) is 6.04 Å². The van der Waals surface area contributed by atoms with Crippen LogP contribution in [-0.4, -0.2) is 34.1 Å². The molecule has 0 spiro atoms. The first kappa shape index (κ1) is 12.1. The maximum absolute atomic E-state index is 5.43. The van der Waals surface area contributed by atoms with Crippen LogP contribution in [0.15, 0.2) is 6.33 Å². The van der Waals surface area contributed by atoms with E-state index in [1.54, 1.807) is 6.33 Å². The highest BCUT2D eigenvalue weighted by molar-refractivity contribution is 7.71. The van der Waals surface area contributed by atoms with Crippen molar-refractivity contribution < 1.29 is 0 Å². The van der Waals surface area contributed by atoms with Gasteiger partial charge in [-0.1, -0.05) is 0 Å². The van der Waals surface area contributed by atoms with Crippen LogP contribution in [0.4, 0.5) is 0 Å². The molecular weight excluding hydrogens is 262 g/mol. The first-order valence-electron chi connectivity index (χ1n) is 5.98. The Balaban J connectivity index is 2.28. The van der Waals surface area contributed by atoms with Crippen LogP contribution in [0, 0.1) is 11.7 Å². The van der Waals surface area contributed by atoms with Gasteiger partial charge in [0, 0.05) is 14.1 Å². The molecule has 3 aromatic heterocycles. The predicted octanol–water partition coefficient (Wildman–Crippen LogP) is 1.48. The molecule has 7 nitrogen and oxygen atoms in total. The third-order valence-electron chi connectivity index (χ3n) is 3.38. The monoisotopic (exact) mass is 277 g/mol. The SMILES string of the molecule is Cc1nn(C)c2c1[nH]c(=S)n2C(C)c1nncn1C. The molecule has 1 atom stereocenters. The number of imidazole rings is 1. The van der Waals surface area contributed by atoms with Crippen molar-refractivity contribution in [2.45, 2.75) is 19.9 Å². The van der Waals surface area contributed by atoms with Gasteiger partial charge < -0.3 is 9.55 Å². The van der Waals surface area contributed by atoms with Gasteiger partial charge in [0.15, 0.2) is 16.2 Å². The second-order valence-electron chi connectivity index (χ2n) is 4.68. The van der Waals surface area contributed by atoms with Crippen LogP contribution in [0.2, 0.25) is 0 Å². The van der Waals surface area contributed by atoms with E-state index >= 15 is 0 Å². The van der Waals surface area contributed by atoms with E-state index < -0.39 is 0 Å². The molecule has 0 bridgehead atoms. The minimum atomic E-state index is -0.0106. The quantitative estimate of drug-likeness (QED) is 0.720. The molecule has 0 aliphatic carbocycles. The van der Waals surface area contributed by atoms with Gasteiger partial charge in [0.2, 0.25) is 0 Å². The van der Waals surface area contributed by atoms with Crippen molar-refractivity contribution in [1.29, 1.82) is 0 Å². The van der Waals surface area contributed by atoms with Crippen molar-refractivity contribution >= 4 is 23.4 Å². The second-order valence-corrected chi connectivity index (χ2v) is 5.07. The Morgan fingerprint density at radius 2 is 2.11 bits per heavy atom. The van der Waals surface area contributed by atoms with Gasteiger partial charge in [0.25, 0.3) is 0 Å². The van der Waals surface area contributed by atoms with E-state index in [4.69, 9.17) is 12.2 Å². The van der Waals surface area contributed by atoms with Crippen molar-refractivity contribution in [2.75, 3.05) is 0 Å². The maximum atomic E-state index is 5.43. The predicted molar refractivity (Wildman–Crippen MR) is 73.4 cm³/mol. The molecule has 0 amide bonds. The molecule has 8 heteroatoms. The van der Waals surface area contributed by atoms with E-state index in [1.165, 1.54) is 0 Å². The number of nitrogens with zero attached hydrogens (tertiary/aromatic N) is 6. The summed E-state index contributed by atoms with van der Waals surface area (Å²) in [4.78, 5) is 3.22. The number of hydrogen-bond donors (Lipinski definition) is 1. The van der Waals surface area contributed by atoms with Crippen LogP contribution in [0.25, 0.3) is 11.2 Å². The molecule has 19 heavy (non-hydrogen) atoms. The van der Waals surface area contributed by atoms with Crippen molar-refractivity contribution in [3.63, 3.8) is 0 Å². The third kappa shape index (κ3) is 1.63. The van der Waals surface area contributed by atoms with Crippen molar-refractivity contribution in [3.8, 4) is 0 Å². The Bertz CT molecular complexity index is 803. The highest BCUT2D eigenvalue weighted by atomic mass is 32.1. The lowest BCUT2D eigenvalue weighted by atomic mass is 10.3. The standard InChI is InChI=1S/C11H15N7S/c1-6-8-10(17(4)15-6)18(11(19)13-8)7(2)9-14-12-5-16(9)3/h5,7H,1-4H3,(H,13,19). The number of nitrogens with one attached hydrogen (secondary N) is 1. The molecule has 0 aromatic carbocycles. The summed E-state index contributed by atoms with van der Waals surface area (Å²) in [5.41, 5.74) is 2.88. The average molecular weight is 277 g/mol. The normalized spacial score (nSPS) is 13.3. The molecule has 0 aliphatic heterocycles. The van der Waals surface area contributed by atoms with Crippen molar-refractivity contribution in [3.05, 3.63) is 22.6 Å². The summed E-state index contributed by atoms with van der Waals surface area (Å²) in [6.45, 7) is 4.01. The van der Waals surface area contributed by atoms with Crippen molar-refractivity contribution in [1.82, 2.24) is 34.1 Å². The van der Waals surface area contributed by atoms with Crippen LogP contribution < -0.4 is 0 Å². The fraction of sp³-hybridized carbons (Fsp3) is 0.455. The smallest absolute Gasteiger partial charge is 0.180 e. The van der Waals surface area contributed by atoms with Crippen LogP contribution in [0.1, 0.15) is 24.5 Å². The highest BCUT2D eigenvalue weighted by Crippen LogP contribution is 2.24. The molecule has 0 saturated carbocycles. The first-order chi connectivity index (χ1) is 9.00. The minimum absolute atomic E-state index is 0.0106. The van der Waals surface area contributed by atoms with E-state index in [2.05, 4.69) is 27.2 Å². The topological polar surface area (TPSA) is 69.2 Å². The Morgan fingerprint density at radius 1 is 1.37 bits per heavy atom. The lowest BCUT2D eigenvalue weighted by Gasteiger charge is -2.13. The van der Waals surface area contributed by atoms with E-state index in [0.29, 0.717) is 4.77 Å². The summed E-state index contributed by atoms with van der Waals surface area (Å²) in [6.07, 6.45) is 1.69. The van der Waals surface area contributed by atoms with Crippen LogP contribution in [-0.2, 0) is 14.1 Å². The Hall–Kier alpha value is -1.96. The maximum Gasteiger partial charge on any atom is 0.180 e. The number of hydrogen-bond acceptors (Lipinski definition) is 4. The van der Waals surface area contributed by atoms with Gasteiger partial charge >= 0.3 is 0 Å². The van der Waals surface area contributed by atoms with E-state index in [1.807, 2.05) is 34.8 Å². The number of aromatic nitrogens is 7. The average Bonchev–Trinajstić information content (AvgIpc) is 2.97. The molecule has 0 fully saturated rings. The van der Waals surface area contributed by atoms with Gasteiger partial charge in [-0.3, -0.25) is 9.25 Å². The van der Waals surface area contributed by atoms with E-state index in [9.17, 15) is 0 Å². The molecule has 1 unspecified atom stereocenters. The number of rotatable bonds is 2. The summed E-state index contributed by atoms with van der Waals surface area (Å²) in [7, 11) is 3.84. The third-order valence-corrected chi connectivity index (χ3v) is 3.68. The Labute approximate surface area is 114 Å². The fourth-order valence-electron chi connectivity index (χ4n) is 2.48. The van der Waals surface area contributed by atoms with Crippen LogP contribution >= 0.6 is 12.2 Å². The molecule has 0 saturated heterocycles. The molecule has 100 valence electrons. The minimum Gasteiger partial charge on any atom is -0.328 e. The summed E-state index contributed by atoms with van der Waals surface area (Å²) in [5.74, 6) is 0.857. The zero-order valence-corrected chi connectivity index (χ0v) is 12.1. The summed E-state index contributed by atoms with van der Waals surface area (Å²) in [5, 5.41) is 12.5. The Kier molecular flexibility index (Phi) is 2.56. The lowest BCUT2D eigenvalue weighted by molar-refractivity contribution is 0.566. The zero-order chi connectivity index (χ0) is 13.7. The number of aryl methyl sites for hydroxylation is 3. The van der Waals surface area contributed by atoms with Gasteiger partial charge in [-0.15, -0.1) is 10.2 Å². The molecule has 0 radical (unpaired) electrons. The summed E-state index contributed by atoms with van der Waals surface area (Å²) in [6, 6.07) is -0.0106. The molecular formula is C11H15N7S. The van der Waals surface area contributed by atoms with Gasteiger partial charge in [-0.25, -0.2) is 0 Å². The van der Waals surface area contributed by atoms with Crippen molar-refractivity contribution in [2.24, 2.45) is 14.1 Å². The fourth-order valence-corrected chi connectivity index (χ4v) is 2.82. The molecule has 1 N–H and O–H groups in total. The second kappa shape index (κ2) is 4.02. The molecule has 3 aromatic rings. The van der Waals surface area contributed by atoms with Gasteiger partial charge in [0.05, 0.1) is 11.7 Å². The van der Waals surface area contributed by atoms with Gasteiger partial charge in [0.1, 0.15) is 11.8 Å². The first-order valence-corrected chi connectivity index (χ1v) is 6.39. The zero-order valence-electron chi connectivity index (χ0n) is 11.2. The summed E-state index contributed by atoms with van der Waals surface area (Å²) < 4.78 is 6.43. The van der Waals surface area contributed by atoms with Gasteiger partial charge in [-0.2, -0.15) is 5.10 Å². The van der Waals surface area contributed by atoms with Gasteiger partial charge in [-0.05, 0) is 26.1 Å². The Morgan fingerprint density at radius 3 is 2.74 bits per heavy atom. The van der Waals surface area contributed by atoms with E-state index in [0.717, 1.165) is 22.7 Å². The highest BCUT2D eigenvalue weighted by Gasteiger charge is 2.20. The largest absolute Gasteiger partial charge is 0.328 e.